The van der Waals surface area contributed by atoms with Gasteiger partial charge in [0, 0.05) is 18.3 Å². The van der Waals surface area contributed by atoms with Crippen LogP contribution in [0.15, 0.2) is 24.3 Å². The molecule has 0 aromatic heterocycles. The summed E-state index contributed by atoms with van der Waals surface area (Å²) in [6.45, 7) is 1.77. The highest BCUT2D eigenvalue weighted by atomic mass is 16.3. The molecule has 0 heterocycles. The lowest BCUT2D eigenvalue weighted by Gasteiger charge is -2.20. The highest BCUT2D eigenvalue weighted by molar-refractivity contribution is 6.40. The first-order valence-corrected chi connectivity index (χ1v) is 5.35. The topological polar surface area (TPSA) is 93.4 Å². The molecular formula is C12H13N3O3. The summed E-state index contributed by atoms with van der Waals surface area (Å²) in [7, 11) is 0. The van der Waals surface area contributed by atoms with Gasteiger partial charge < -0.3 is 15.3 Å². The predicted octanol–water partition coefficient (Wildman–Crippen LogP) is 0.385. The van der Waals surface area contributed by atoms with E-state index in [0.717, 1.165) is 0 Å². The molecule has 0 bridgehead atoms. The second kappa shape index (κ2) is 6.25. The van der Waals surface area contributed by atoms with Crippen molar-refractivity contribution < 1.29 is 14.7 Å². The zero-order chi connectivity index (χ0) is 13.5. The summed E-state index contributed by atoms with van der Waals surface area (Å²) in [6, 6.07) is 7.76. The monoisotopic (exact) mass is 247 g/mol. The Hall–Kier alpha value is -2.55. The molecule has 0 spiro atoms. The Bertz CT molecular complexity index is 494. The number of phenols is 1. The molecule has 1 rings (SSSR count). The third-order valence-corrected chi connectivity index (χ3v) is 2.23. The van der Waals surface area contributed by atoms with Crippen molar-refractivity contribution in [2.45, 2.75) is 6.92 Å². The zero-order valence-corrected chi connectivity index (χ0v) is 9.88. The summed E-state index contributed by atoms with van der Waals surface area (Å²) >= 11 is 0. The molecule has 0 unspecified atom stereocenters. The van der Waals surface area contributed by atoms with Crippen LogP contribution in [-0.4, -0.2) is 30.0 Å². The van der Waals surface area contributed by atoms with E-state index >= 15 is 0 Å². The number of rotatable bonds is 3. The summed E-state index contributed by atoms with van der Waals surface area (Å²) in [5, 5.41) is 19.8. The van der Waals surface area contributed by atoms with Crippen LogP contribution in [0.2, 0.25) is 0 Å². The summed E-state index contributed by atoms with van der Waals surface area (Å²) in [5.41, 5.74) is 0.426. The summed E-state index contributed by atoms with van der Waals surface area (Å²) < 4.78 is 0. The minimum atomic E-state index is -0.846. The van der Waals surface area contributed by atoms with Gasteiger partial charge in [0.2, 0.25) is 0 Å². The molecule has 0 radical (unpaired) electrons. The first-order valence-electron chi connectivity index (χ1n) is 5.35. The molecule has 6 nitrogen and oxygen atoms in total. The number of carbonyl (C=O) groups excluding carboxylic acids is 2. The number of nitriles is 1. The Morgan fingerprint density at radius 1 is 1.50 bits per heavy atom. The van der Waals surface area contributed by atoms with E-state index in [9.17, 15) is 14.7 Å². The number of likely N-dealkylation sites (N-methyl/N-ethyl adjacent to an activating group) is 1. The van der Waals surface area contributed by atoms with Gasteiger partial charge in [0.15, 0.2) is 0 Å². The summed E-state index contributed by atoms with van der Waals surface area (Å²) in [6.07, 6.45) is 0. The maximum atomic E-state index is 11.8. The van der Waals surface area contributed by atoms with Gasteiger partial charge in [-0.05, 0) is 19.1 Å². The van der Waals surface area contributed by atoms with Gasteiger partial charge in [-0.15, -0.1) is 0 Å². The number of hydrogen-bond acceptors (Lipinski definition) is 4. The SMILES string of the molecule is CCN(C(=O)C(=O)NCC#N)c1cccc(O)c1. The predicted molar refractivity (Wildman–Crippen MR) is 64.8 cm³/mol. The van der Waals surface area contributed by atoms with Crippen molar-refractivity contribution in [2.75, 3.05) is 18.0 Å². The first kappa shape index (κ1) is 13.5. The van der Waals surface area contributed by atoms with Crippen LogP contribution in [0, 0.1) is 11.3 Å². The molecule has 2 N–H and O–H groups in total. The van der Waals surface area contributed by atoms with Crippen molar-refractivity contribution in [1.29, 1.82) is 5.26 Å². The van der Waals surface area contributed by atoms with Crippen LogP contribution in [0.1, 0.15) is 6.92 Å². The van der Waals surface area contributed by atoms with E-state index in [4.69, 9.17) is 5.26 Å². The molecule has 0 aliphatic carbocycles. The third-order valence-electron chi connectivity index (χ3n) is 2.23. The molecule has 0 atom stereocenters. The van der Waals surface area contributed by atoms with E-state index in [2.05, 4.69) is 5.32 Å². The van der Waals surface area contributed by atoms with Crippen molar-refractivity contribution in [3.8, 4) is 11.8 Å². The molecule has 1 aromatic carbocycles. The van der Waals surface area contributed by atoms with Crippen LogP contribution in [0.3, 0.4) is 0 Å². The smallest absolute Gasteiger partial charge is 0.316 e. The number of nitrogens with zero attached hydrogens (tertiary/aromatic N) is 2. The number of anilines is 1. The first-order chi connectivity index (χ1) is 8.60. The number of phenolic OH excluding ortho intramolecular Hbond substituents is 1. The second-order valence-corrected chi connectivity index (χ2v) is 3.41. The zero-order valence-electron chi connectivity index (χ0n) is 9.88. The molecule has 0 saturated heterocycles. The number of hydrogen-bond donors (Lipinski definition) is 2. The van der Waals surface area contributed by atoms with Gasteiger partial charge in [-0.25, -0.2) is 0 Å². The minimum absolute atomic E-state index is 0.0104. The van der Waals surface area contributed by atoms with Gasteiger partial charge in [-0.1, -0.05) is 6.07 Å². The maximum Gasteiger partial charge on any atom is 0.316 e. The van der Waals surface area contributed by atoms with E-state index in [1.54, 1.807) is 25.1 Å². The van der Waals surface area contributed by atoms with Crippen molar-refractivity contribution >= 4 is 17.5 Å². The Labute approximate surface area is 104 Å². The van der Waals surface area contributed by atoms with Gasteiger partial charge in [-0.2, -0.15) is 5.26 Å². The highest BCUT2D eigenvalue weighted by Crippen LogP contribution is 2.19. The molecule has 6 heteroatoms. The van der Waals surface area contributed by atoms with Crippen LogP contribution in [0.5, 0.6) is 5.75 Å². The molecule has 0 aliphatic heterocycles. The van der Waals surface area contributed by atoms with Crippen LogP contribution < -0.4 is 10.2 Å². The maximum absolute atomic E-state index is 11.8. The standard InChI is InChI=1S/C12H13N3O3/c1-2-15(9-4-3-5-10(16)8-9)12(18)11(17)14-7-6-13/h3-5,8,16H,2,7H2,1H3,(H,14,17). The van der Waals surface area contributed by atoms with Crippen molar-refractivity contribution in [1.82, 2.24) is 5.32 Å². The molecule has 18 heavy (non-hydrogen) atoms. The normalized spacial score (nSPS) is 9.33. The van der Waals surface area contributed by atoms with E-state index in [1.165, 1.54) is 17.0 Å². The van der Waals surface area contributed by atoms with Gasteiger partial charge in [0.1, 0.15) is 12.3 Å². The molecule has 0 saturated carbocycles. The van der Waals surface area contributed by atoms with Gasteiger partial charge in [0.25, 0.3) is 0 Å². The Morgan fingerprint density at radius 3 is 2.78 bits per heavy atom. The van der Waals surface area contributed by atoms with E-state index in [1.807, 2.05) is 0 Å². The number of carbonyl (C=O) groups is 2. The Balaban J connectivity index is 2.87. The number of aromatic hydroxyl groups is 1. The van der Waals surface area contributed by atoms with Gasteiger partial charge >= 0.3 is 11.8 Å². The number of benzene rings is 1. The lowest BCUT2D eigenvalue weighted by Crippen LogP contribution is -2.43. The van der Waals surface area contributed by atoms with E-state index in [-0.39, 0.29) is 18.8 Å². The average Bonchev–Trinajstić information content (AvgIpc) is 2.36. The minimum Gasteiger partial charge on any atom is -0.508 e. The third kappa shape index (κ3) is 3.22. The van der Waals surface area contributed by atoms with E-state index in [0.29, 0.717) is 5.69 Å². The molecule has 2 amide bonds. The summed E-state index contributed by atoms with van der Waals surface area (Å²) in [5.74, 6) is -1.60. The van der Waals surface area contributed by atoms with Crippen LogP contribution in [0.4, 0.5) is 5.69 Å². The molecule has 0 fully saturated rings. The highest BCUT2D eigenvalue weighted by Gasteiger charge is 2.21. The van der Waals surface area contributed by atoms with Crippen molar-refractivity contribution in [2.24, 2.45) is 0 Å². The number of amides is 2. The number of nitrogens with one attached hydrogen (secondary N) is 1. The van der Waals surface area contributed by atoms with Crippen LogP contribution in [0.25, 0.3) is 0 Å². The second-order valence-electron chi connectivity index (χ2n) is 3.41. The fourth-order valence-corrected chi connectivity index (χ4v) is 1.42. The van der Waals surface area contributed by atoms with Gasteiger partial charge in [0.05, 0.1) is 6.07 Å². The lowest BCUT2D eigenvalue weighted by atomic mass is 10.2. The van der Waals surface area contributed by atoms with Crippen LogP contribution >= 0.6 is 0 Å². The molecule has 1 aromatic rings. The largest absolute Gasteiger partial charge is 0.508 e. The van der Waals surface area contributed by atoms with Crippen molar-refractivity contribution in [3.05, 3.63) is 24.3 Å². The fraction of sp³-hybridized carbons (Fsp3) is 0.250. The lowest BCUT2D eigenvalue weighted by molar-refractivity contribution is -0.137. The summed E-state index contributed by atoms with van der Waals surface area (Å²) in [4.78, 5) is 24.5. The van der Waals surface area contributed by atoms with Crippen molar-refractivity contribution in [3.63, 3.8) is 0 Å². The molecule has 94 valence electrons. The molecule has 0 aliphatic rings. The Kier molecular flexibility index (Phi) is 4.69. The fourth-order valence-electron chi connectivity index (χ4n) is 1.42. The Morgan fingerprint density at radius 2 is 2.22 bits per heavy atom. The average molecular weight is 247 g/mol. The quantitative estimate of drug-likeness (QED) is 0.596. The van der Waals surface area contributed by atoms with Gasteiger partial charge in [-0.3, -0.25) is 9.59 Å². The molecular weight excluding hydrogens is 234 g/mol. The van der Waals surface area contributed by atoms with E-state index < -0.39 is 11.8 Å². The van der Waals surface area contributed by atoms with Crippen LogP contribution in [-0.2, 0) is 9.59 Å².